The molecule has 0 spiro atoms. The van der Waals surface area contributed by atoms with Gasteiger partial charge in [0, 0.05) is 6.54 Å². The van der Waals surface area contributed by atoms with Crippen LogP contribution in [-0.4, -0.2) is 15.6 Å². The Kier molecular flexibility index (Phi) is 4.75. The quantitative estimate of drug-likeness (QED) is 0.921. The highest BCUT2D eigenvalue weighted by atomic mass is 19.1. The maximum Gasteiger partial charge on any atom is 0.341 e. The highest BCUT2D eigenvalue weighted by Crippen LogP contribution is 2.20. The topological polar surface area (TPSA) is 59.3 Å². The molecule has 2 aromatic rings. The average molecular weight is 303 g/mol. The van der Waals surface area contributed by atoms with Crippen molar-refractivity contribution >= 4 is 5.97 Å². The predicted octanol–water partition coefficient (Wildman–Crippen LogP) is 3.40. The summed E-state index contributed by atoms with van der Waals surface area (Å²) in [7, 11) is 0. The fraction of sp³-hybridized carbons (Fsp3) is 0.294. The highest BCUT2D eigenvalue weighted by Gasteiger charge is 2.15. The summed E-state index contributed by atoms with van der Waals surface area (Å²) in [4.78, 5) is 23.5. The van der Waals surface area contributed by atoms with Crippen LogP contribution in [0.25, 0.3) is 11.3 Å². The van der Waals surface area contributed by atoms with Crippen LogP contribution < -0.4 is 5.56 Å². The summed E-state index contributed by atoms with van der Waals surface area (Å²) in [5, 5.41) is 9.10. The van der Waals surface area contributed by atoms with Gasteiger partial charge < -0.3 is 9.67 Å². The van der Waals surface area contributed by atoms with Gasteiger partial charge in [0.2, 0.25) is 0 Å². The molecular formula is C17H18FNO3. The van der Waals surface area contributed by atoms with Crippen LogP contribution in [-0.2, 0) is 6.54 Å². The van der Waals surface area contributed by atoms with Crippen molar-refractivity contribution in [2.45, 2.75) is 26.8 Å². The number of carbonyl (C=O) groups is 1. The molecule has 0 radical (unpaired) electrons. The third-order valence-corrected chi connectivity index (χ3v) is 3.47. The molecule has 0 unspecified atom stereocenters. The Bertz CT molecular complexity index is 733. The van der Waals surface area contributed by atoms with Gasteiger partial charge in [0.15, 0.2) is 0 Å². The summed E-state index contributed by atoms with van der Waals surface area (Å²) in [5.41, 5.74) is 0.486. The van der Waals surface area contributed by atoms with Crippen LogP contribution in [0.5, 0.6) is 0 Å². The van der Waals surface area contributed by atoms with Gasteiger partial charge in [0.1, 0.15) is 11.4 Å². The average Bonchev–Trinajstić information content (AvgIpc) is 2.46. The molecule has 4 nitrogen and oxygen atoms in total. The van der Waals surface area contributed by atoms with Gasteiger partial charge in [-0.3, -0.25) is 4.79 Å². The van der Waals surface area contributed by atoms with Crippen molar-refractivity contribution in [3.8, 4) is 11.3 Å². The predicted molar refractivity (Wildman–Crippen MR) is 82.5 cm³/mol. The van der Waals surface area contributed by atoms with Crippen LogP contribution in [0.3, 0.4) is 0 Å². The van der Waals surface area contributed by atoms with Gasteiger partial charge in [-0.15, -0.1) is 0 Å². The van der Waals surface area contributed by atoms with Gasteiger partial charge in [-0.05, 0) is 54.3 Å². The molecule has 0 aliphatic heterocycles. The molecule has 22 heavy (non-hydrogen) atoms. The second-order valence-electron chi connectivity index (χ2n) is 5.58. The number of pyridine rings is 1. The SMILES string of the molecule is CC(C)CCn1c(-c2ccc(F)cc2)ccc(C(=O)O)c1=O. The van der Waals surface area contributed by atoms with Gasteiger partial charge >= 0.3 is 5.97 Å². The number of rotatable bonds is 5. The zero-order valence-electron chi connectivity index (χ0n) is 12.5. The van der Waals surface area contributed by atoms with Gasteiger partial charge in [-0.25, -0.2) is 9.18 Å². The minimum absolute atomic E-state index is 0.255. The Morgan fingerprint density at radius 3 is 2.36 bits per heavy atom. The van der Waals surface area contributed by atoms with Crippen molar-refractivity contribution in [3.63, 3.8) is 0 Å². The van der Waals surface area contributed by atoms with Gasteiger partial charge in [0.05, 0.1) is 5.69 Å². The number of carboxylic acid groups (broad SMARTS) is 1. The van der Waals surface area contributed by atoms with E-state index in [-0.39, 0.29) is 11.4 Å². The van der Waals surface area contributed by atoms with E-state index in [0.717, 1.165) is 6.42 Å². The van der Waals surface area contributed by atoms with E-state index in [9.17, 15) is 14.0 Å². The second-order valence-corrected chi connectivity index (χ2v) is 5.58. The minimum Gasteiger partial charge on any atom is -0.477 e. The molecule has 1 heterocycles. The molecule has 0 fully saturated rings. The number of aromatic carboxylic acids is 1. The van der Waals surface area contributed by atoms with Gasteiger partial charge in [-0.2, -0.15) is 0 Å². The molecule has 0 bridgehead atoms. The third kappa shape index (κ3) is 3.42. The van der Waals surface area contributed by atoms with E-state index < -0.39 is 11.5 Å². The van der Waals surface area contributed by atoms with E-state index in [1.54, 1.807) is 18.2 Å². The number of carboxylic acids is 1. The van der Waals surface area contributed by atoms with E-state index in [2.05, 4.69) is 0 Å². The highest BCUT2D eigenvalue weighted by molar-refractivity contribution is 5.87. The van der Waals surface area contributed by atoms with E-state index in [1.807, 2.05) is 13.8 Å². The Balaban J connectivity index is 2.57. The summed E-state index contributed by atoms with van der Waals surface area (Å²) in [6.07, 6.45) is 0.747. The summed E-state index contributed by atoms with van der Waals surface area (Å²) in [5.74, 6) is -1.22. The van der Waals surface area contributed by atoms with Crippen molar-refractivity contribution < 1.29 is 14.3 Å². The number of aromatic nitrogens is 1. The smallest absolute Gasteiger partial charge is 0.341 e. The fourth-order valence-electron chi connectivity index (χ4n) is 2.22. The van der Waals surface area contributed by atoms with Crippen LogP contribution in [0.1, 0.15) is 30.6 Å². The summed E-state index contributed by atoms with van der Waals surface area (Å²) >= 11 is 0. The molecule has 5 heteroatoms. The Morgan fingerprint density at radius 1 is 1.18 bits per heavy atom. The van der Waals surface area contributed by atoms with E-state index >= 15 is 0 Å². The summed E-state index contributed by atoms with van der Waals surface area (Å²) in [6.45, 7) is 4.48. The summed E-state index contributed by atoms with van der Waals surface area (Å²) in [6, 6.07) is 8.69. The number of benzene rings is 1. The zero-order chi connectivity index (χ0) is 16.3. The molecule has 0 saturated carbocycles. The Labute approximate surface area is 127 Å². The number of hydrogen-bond acceptors (Lipinski definition) is 2. The molecule has 1 aromatic heterocycles. The van der Waals surface area contributed by atoms with Gasteiger partial charge in [0.25, 0.3) is 5.56 Å². The van der Waals surface area contributed by atoms with Crippen molar-refractivity contribution in [3.05, 3.63) is 58.1 Å². The van der Waals surface area contributed by atoms with Crippen LogP contribution in [0.2, 0.25) is 0 Å². The second kappa shape index (κ2) is 6.56. The standard InChI is InChI=1S/C17H18FNO3/c1-11(2)9-10-19-15(12-3-5-13(18)6-4-12)8-7-14(16(19)20)17(21)22/h3-8,11H,9-10H2,1-2H3,(H,21,22). The monoisotopic (exact) mass is 303 g/mol. The lowest BCUT2D eigenvalue weighted by molar-refractivity contribution is 0.0694. The number of hydrogen-bond donors (Lipinski definition) is 1. The third-order valence-electron chi connectivity index (χ3n) is 3.47. The fourth-order valence-corrected chi connectivity index (χ4v) is 2.22. The molecule has 0 atom stereocenters. The van der Waals surface area contributed by atoms with E-state index in [1.165, 1.54) is 22.8 Å². The van der Waals surface area contributed by atoms with Crippen molar-refractivity contribution in [2.24, 2.45) is 5.92 Å². The molecule has 0 aliphatic rings. The molecule has 1 aromatic carbocycles. The molecule has 0 aliphatic carbocycles. The van der Waals surface area contributed by atoms with Gasteiger partial charge in [-0.1, -0.05) is 13.8 Å². The molecule has 116 valence electrons. The molecule has 0 saturated heterocycles. The maximum absolute atomic E-state index is 13.1. The first-order valence-electron chi connectivity index (χ1n) is 7.13. The van der Waals surface area contributed by atoms with E-state index in [4.69, 9.17) is 5.11 Å². The lowest BCUT2D eigenvalue weighted by Gasteiger charge is -2.15. The van der Waals surface area contributed by atoms with E-state index in [0.29, 0.717) is 23.7 Å². The lowest BCUT2D eigenvalue weighted by atomic mass is 10.1. The molecular weight excluding hydrogens is 285 g/mol. The molecule has 2 rings (SSSR count). The minimum atomic E-state index is -1.24. The number of halogens is 1. The first kappa shape index (κ1) is 15.9. The largest absolute Gasteiger partial charge is 0.477 e. The molecule has 1 N–H and O–H groups in total. The summed E-state index contributed by atoms with van der Waals surface area (Å²) < 4.78 is 14.5. The van der Waals surface area contributed by atoms with Crippen LogP contribution in [0.15, 0.2) is 41.2 Å². The lowest BCUT2D eigenvalue weighted by Crippen LogP contribution is -2.28. The van der Waals surface area contributed by atoms with Crippen molar-refractivity contribution in [1.82, 2.24) is 4.57 Å². The normalized spacial score (nSPS) is 10.9. The zero-order valence-corrected chi connectivity index (χ0v) is 12.5. The maximum atomic E-state index is 13.1. The van der Waals surface area contributed by atoms with Crippen molar-refractivity contribution in [1.29, 1.82) is 0 Å². The first-order chi connectivity index (χ1) is 10.4. The molecule has 0 amide bonds. The Hall–Kier alpha value is -2.43. The van der Waals surface area contributed by atoms with Crippen LogP contribution >= 0.6 is 0 Å². The number of nitrogens with zero attached hydrogens (tertiary/aromatic N) is 1. The Morgan fingerprint density at radius 2 is 1.82 bits per heavy atom. The first-order valence-corrected chi connectivity index (χ1v) is 7.13. The van der Waals surface area contributed by atoms with Crippen molar-refractivity contribution in [2.75, 3.05) is 0 Å². The van der Waals surface area contributed by atoms with Crippen LogP contribution in [0.4, 0.5) is 4.39 Å². The van der Waals surface area contributed by atoms with Crippen LogP contribution in [0, 0.1) is 11.7 Å².